The maximum atomic E-state index is 11.3. The molecule has 0 bridgehead atoms. The van der Waals surface area contributed by atoms with E-state index in [0.717, 1.165) is 24.5 Å². The lowest BCUT2D eigenvalue weighted by molar-refractivity contribution is 0.507. The van der Waals surface area contributed by atoms with Crippen molar-refractivity contribution in [3.05, 3.63) is 27.9 Å². The molecule has 1 aromatic heterocycles. The van der Waals surface area contributed by atoms with Crippen LogP contribution in [0.5, 0.6) is 0 Å². The Morgan fingerprint density at radius 2 is 2.53 bits per heavy atom. The van der Waals surface area contributed by atoms with Crippen molar-refractivity contribution in [2.75, 3.05) is 18.1 Å². The molecule has 4 nitrogen and oxygen atoms in total. The second kappa shape index (κ2) is 6.21. The minimum absolute atomic E-state index is 0.0549. The molecule has 1 atom stereocenters. The van der Waals surface area contributed by atoms with Crippen LogP contribution in [0.1, 0.15) is 24.4 Å². The van der Waals surface area contributed by atoms with E-state index in [-0.39, 0.29) is 5.56 Å². The van der Waals surface area contributed by atoms with Crippen molar-refractivity contribution < 1.29 is 0 Å². The summed E-state index contributed by atoms with van der Waals surface area (Å²) in [4.78, 5) is 18.3. The van der Waals surface area contributed by atoms with Crippen molar-refractivity contribution in [1.29, 1.82) is 0 Å². The molecule has 1 fully saturated rings. The summed E-state index contributed by atoms with van der Waals surface area (Å²) in [6.07, 6.45) is 3.37. The number of rotatable bonds is 4. The maximum absolute atomic E-state index is 11.3. The van der Waals surface area contributed by atoms with Gasteiger partial charge >= 0.3 is 0 Å². The molecule has 0 amide bonds. The molecule has 2 N–H and O–H groups in total. The fourth-order valence-electron chi connectivity index (χ4n) is 2.06. The summed E-state index contributed by atoms with van der Waals surface area (Å²) in [6, 6.07) is 2.15. The van der Waals surface area contributed by atoms with E-state index in [1.807, 2.05) is 18.7 Å². The molecule has 1 aromatic rings. The lowest BCUT2D eigenvalue weighted by atomic mass is 10.2. The van der Waals surface area contributed by atoms with Crippen LogP contribution in [0.3, 0.4) is 0 Å². The van der Waals surface area contributed by atoms with Gasteiger partial charge in [-0.15, -0.1) is 0 Å². The summed E-state index contributed by atoms with van der Waals surface area (Å²) in [5.41, 5.74) is 0.734. The molecule has 0 saturated carbocycles. The van der Waals surface area contributed by atoms with Gasteiger partial charge in [0, 0.05) is 36.5 Å². The first-order valence-corrected chi connectivity index (χ1v) is 7.27. The van der Waals surface area contributed by atoms with Gasteiger partial charge in [-0.3, -0.25) is 4.79 Å². The average Bonchev–Trinajstić information content (AvgIpc) is 2.29. The molecule has 5 heteroatoms. The van der Waals surface area contributed by atoms with Crippen LogP contribution < -0.4 is 10.9 Å². The van der Waals surface area contributed by atoms with Gasteiger partial charge in [0.15, 0.2) is 0 Å². The van der Waals surface area contributed by atoms with E-state index in [1.165, 1.54) is 30.4 Å². The second-order valence-corrected chi connectivity index (χ2v) is 5.60. The smallest absolute Gasteiger partial charge is 0.251 e. The quantitative estimate of drug-likeness (QED) is 0.844. The van der Waals surface area contributed by atoms with Gasteiger partial charge < -0.3 is 10.3 Å². The fourth-order valence-corrected chi connectivity index (χ4v) is 3.16. The summed E-state index contributed by atoms with van der Waals surface area (Å²) >= 11 is 2.02. The van der Waals surface area contributed by atoms with Crippen LogP contribution in [-0.4, -0.2) is 34.1 Å². The lowest BCUT2D eigenvalue weighted by Crippen LogP contribution is -2.35. The van der Waals surface area contributed by atoms with E-state index >= 15 is 0 Å². The largest absolute Gasteiger partial charge is 0.313 e. The number of thioether (sulfide) groups is 1. The summed E-state index contributed by atoms with van der Waals surface area (Å²) in [6.45, 7) is 2.74. The van der Waals surface area contributed by atoms with Gasteiger partial charge in [-0.05, 0) is 25.5 Å². The first kappa shape index (κ1) is 12.6. The molecule has 94 valence electrons. The Labute approximate surface area is 106 Å². The van der Waals surface area contributed by atoms with Gasteiger partial charge in [0.25, 0.3) is 5.56 Å². The molecule has 17 heavy (non-hydrogen) atoms. The number of aromatic amines is 1. The molecule has 1 saturated heterocycles. The number of aromatic nitrogens is 2. The summed E-state index contributed by atoms with van der Waals surface area (Å²) in [5, 5.41) is 3.53. The minimum Gasteiger partial charge on any atom is -0.313 e. The van der Waals surface area contributed by atoms with E-state index in [1.54, 1.807) is 0 Å². The van der Waals surface area contributed by atoms with Gasteiger partial charge in [-0.25, -0.2) is 4.98 Å². The van der Waals surface area contributed by atoms with Crippen LogP contribution in [0.2, 0.25) is 0 Å². The Balaban J connectivity index is 1.79. The number of aryl methyl sites for hydroxylation is 1. The van der Waals surface area contributed by atoms with Crippen molar-refractivity contribution in [2.45, 2.75) is 32.2 Å². The van der Waals surface area contributed by atoms with Gasteiger partial charge in [0.2, 0.25) is 0 Å². The van der Waals surface area contributed by atoms with Crippen molar-refractivity contribution in [2.24, 2.45) is 0 Å². The molecular weight excluding hydrogens is 234 g/mol. The normalized spacial score (nSPS) is 20.4. The minimum atomic E-state index is -0.0549. The van der Waals surface area contributed by atoms with Crippen LogP contribution in [0, 0.1) is 6.92 Å². The van der Waals surface area contributed by atoms with Crippen molar-refractivity contribution in [1.82, 2.24) is 15.3 Å². The fraction of sp³-hybridized carbons (Fsp3) is 0.667. The molecule has 0 radical (unpaired) electrons. The van der Waals surface area contributed by atoms with Gasteiger partial charge in [0.05, 0.1) is 0 Å². The standard InChI is InChI=1S/C12H19N3OS/c1-9-7-12(16)15-11(14-9)4-5-13-10-3-2-6-17-8-10/h7,10,13H,2-6,8H2,1H3,(H,14,15,16). The maximum Gasteiger partial charge on any atom is 0.251 e. The summed E-state index contributed by atoms with van der Waals surface area (Å²) in [7, 11) is 0. The molecule has 0 aromatic carbocycles. The highest BCUT2D eigenvalue weighted by Crippen LogP contribution is 2.16. The van der Waals surface area contributed by atoms with E-state index < -0.39 is 0 Å². The molecule has 1 unspecified atom stereocenters. The third-order valence-electron chi connectivity index (χ3n) is 2.87. The van der Waals surface area contributed by atoms with Crippen LogP contribution >= 0.6 is 11.8 Å². The molecule has 0 spiro atoms. The average molecular weight is 253 g/mol. The third-order valence-corrected chi connectivity index (χ3v) is 4.09. The highest BCUT2D eigenvalue weighted by molar-refractivity contribution is 7.99. The molecule has 0 aliphatic carbocycles. The third kappa shape index (κ3) is 4.16. The summed E-state index contributed by atoms with van der Waals surface area (Å²) < 4.78 is 0. The Hall–Kier alpha value is -0.810. The van der Waals surface area contributed by atoms with Crippen LogP contribution in [-0.2, 0) is 6.42 Å². The van der Waals surface area contributed by atoms with Gasteiger partial charge in [-0.2, -0.15) is 11.8 Å². The van der Waals surface area contributed by atoms with Gasteiger partial charge in [0.1, 0.15) is 5.82 Å². The highest BCUT2D eigenvalue weighted by Gasteiger charge is 2.12. The molecule has 2 heterocycles. The van der Waals surface area contributed by atoms with Crippen LogP contribution in [0.4, 0.5) is 0 Å². The Kier molecular flexibility index (Phi) is 4.62. The predicted molar refractivity (Wildman–Crippen MR) is 71.6 cm³/mol. The van der Waals surface area contributed by atoms with Crippen molar-refractivity contribution in [3.63, 3.8) is 0 Å². The zero-order chi connectivity index (χ0) is 12.1. The Morgan fingerprint density at radius 1 is 1.65 bits per heavy atom. The number of hydrogen-bond donors (Lipinski definition) is 2. The Bertz CT molecular complexity index is 412. The van der Waals surface area contributed by atoms with Crippen molar-refractivity contribution >= 4 is 11.8 Å². The monoisotopic (exact) mass is 253 g/mol. The van der Waals surface area contributed by atoms with E-state index in [4.69, 9.17) is 0 Å². The lowest BCUT2D eigenvalue weighted by Gasteiger charge is -2.22. The van der Waals surface area contributed by atoms with Crippen LogP contribution in [0.15, 0.2) is 10.9 Å². The molecule has 1 aliphatic rings. The topological polar surface area (TPSA) is 57.8 Å². The van der Waals surface area contributed by atoms with Gasteiger partial charge in [-0.1, -0.05) is 0 Å². The van der Waals surface area contributed by atoms with E-state index in [0.29, 0.717) is 6.04 Å². The zero-order valence-electron chi connectivity index (χ0n) is 10.2. The number of H-pyrrole nitrogens is 1. The second-order valence-electron chi connectivity index (χ2n) is 4.45. The number of hydrogen-bond acceptors (Lipinski definition) is 4. The predicted octanol–water partition coefficient (Wildman–Crippen LogP) is 1.11. The Morgan fingerprint density at radius 3 is 3.24 bits per heavy atom. The number of nitrogens with one attached hydrogen (secondary N) is 2. The first-order valence-electron chi connectivity index (χ1n) is 6.12. The molecule has 2 rings (SSSR count). The number of nitrogens with zero attached hydrogens (tertiary/aromatic N) is 1. The highest BCUT2D eigenvalue weighted by atomic mass is 32.2. The summed E-state index contributed by atoms with van der Waals surface area (Å²) in [5.74, 6) is 3.29. The van der Waals surface area contributed by atoms with Crippen LogP contribution in [0.25, 0.3) is 0 Å². The first-order chi connectivity index (χ1) is 8.24. The molecule has 1 aliphatic heterocycles. The SMILES string of the molecule is Cc1cc(=O)[nH]c(CCNC2CCCSC2)n1. The van der Waals surface area contributed by atoms with E-state index in [9.17, 15) is 4.79 Å². The molecular formula is C12H19N3OS. The van der Waals surface area contributed by atoms with Crippen molar-refractivity contribution in [3.8, 4) is 0 Å². The van der Waals surface area contributed by atoms with E-state index in [2.05, 4.69) is 15.3 Å². The zero-order valence-corrected chi connectivity index (χ0v) is 11.0.